The largest absolute Gasteiger partial charge is 0.383 e. The number of nitrogen functional groups attached to an aromatic ring is 1. The first-order valence-electron chi connectivity index (χ1n) is 12.1. The van der Waals surface area contributed by atoms with Crippen molar-refractivity contribution in [3.8, 4) is 23.0 Å². The summed E-state index contributed by atoms with van der Waals surface area (Å²) >= 11 is 1.59. The van der Waals surface area contributed by atoms with E-state index in [1.165, 1.54) is 18.2 Å². The summed E-state index contributed by atoms with van der Waals surface area (Å²) < 4.78 is 14.4. The van der Waals surface area contributed by atoms with Gasteiger partial charge in [0.15, 0.2) is 0 Å². The fraction of sp³-hybridized carbons (Fsp3) is 0.241. The second kappa shape index (κ2) is 11.4. The van der Waals surface area contributed by atoms with E-state index in [1.54, 1.807) is 23.6 Å². The van der Waals surface area contributed by atoms with Crippen LogP contribution in [-0.4, -0.2) is 34.5 Å². The summed E-state index contributed by atoms with van der Waals surface area (Å²) in [6.45, 7) is 9.38. The minimum Gasteiger partial charge on any atom is -0.383 e. The van der Waals surface area contributed by atoms with E-state index in [0.29, 0.717) is 35.8 Å². The zero-order chi connectivity index (χ0) is 26.5. The third-order valence-corrected chi connectivity index (χ3v) is 6.99. The number of nitrogens with one attached hydrogen (secondary N) is 2. The van der Waals surface area contributed by atoms with Crippen LogP contribution in [0.5, 0.6) is 0 Å². The molecule has 0 spiro atoms. The van der Waals surface area contributed by atoms with Crippen molar-refractivity contribution in [3.05, 3.63) is 71.5 Å². The molecule has 4 aromatic rings. The lowest BCUT2D eigenvalue weighted by molar-refractivity contribution is 0.200. The number of hydrogen-bond donors (Lipinski definition) is 3. The van der Waals surface area contributed by atoms with Gasteiger partial charge in [0, 0.05) is 40.6 Å². The maximum absolute atomic E-state index is 13.3. The molecule has 4 rings (SSSR count). The summed E-state index contributed by atoms with van der Waals surface area (Å²) in [5.41, 5.74) is 10.1. The zero-order valence-electron chi connectivity index (χ0n) is 21.3. The number of fused-ring (bicyclic) bond motifs is 1. The van der Waals surface area contributed by atoms with E-state index >= 15 is 0 Å². The lowest BCUT2D eigenvalue weighted by atomic mass is 10.0. The third kappa shape index (κ3) is 6.26. The number of carbonyl (C=O) groups excluding carboxylic acids is 1. The second-order valence-corrected chi connectivity index (χ2v) is 10.1. The first-order valence-corrected chi connectivity index (χ1v) is 12.9. The van der Waals surface area contributed by atoms with Gasteiger partial charge in [-0.2, -0.15) is 0 Å². The van der Waals surface area contributed by atoms with Crippen LogP contribution in [0.2, 0.25) is 0 Å². The molecule has 2 aromatic heterocycles. The molecule has 0 aliphatic heterocycles. The van der Waals surface area contributed by atoms with Gasteiger partial charge in [-0.05, 0) is 69.0 Å². The Labute approximate surface area is 220 Å². The molecule has 0 unspecified atom stereocenters. The lowest BCUT2D eigenvalue weighted by Crippen LogP contribution is -2.37. The van der Waals surface area contributed by atoms with Crippen molar-refractivity contribution in [1.82, 2.24) is 9.88 Å². The smallest absolute Gasteiger partial charge is 0.323 e. The topological polar surface area (TPSA) is 83.3 Å². The molecule has 2 amide bonds. The number of benzene rings is 2. The van der Waals surface area contributed by atoms with E-state index in [-0.39, 0.29) is 0 Å². The van der Waals surface area contributed by atoms with Crippen LogP contribution in [0.1, 0.15) is 33.3 Å². The normalized spacial score (nSPS) is 11.1. The molecule has 0 atom stereocenters. The number of hydrogen-bond acceptors (Lipinski definition) is 5. The number of amides is 2. The first-order chi connectivity index (χ1) is 17.7. The Hall–Kier alpha value is -3.93. The Balaban J connectivity index is 1.53. The fourth-order valence-electron chi connectivity index (χ4n) is 4.15. The molecule has 6 nitrogen and oxygen atoms in total. The Kier molecular flexibility index (Phi) is 8.07. The van der Waals surface area contributed by atoms with Gasteiger partial charge in [0.2, 0.25) is 0 Å². The van der Waals surface area contributed by atoms with Crippen molar-refractivity contribution in [2.75, 3.05) is 22.9 Å². The van der Waals surface area contributed by atoms with E-state index < -0.39 is 11.8 Å². The summed E-state index contributed by atoms with van der Waals surface area (Å²) in [4.78, 5) is 19.0. The van der Waals surface area contributed by atoms with Crippen LogP contribution in [-0.2, 0) is 0 Å². The molecule has 2 heterocycles. The van der Waals surface area contributed by atoms with Gasteiger partial charge in [-0.15, -0.1) is 11.3 Å². The molecule has 4 N–H and O–H groups in total. The fourth-order valence-corrected chi connectivity index (χ4v) is 5.20. The van der Waals surface area contributed by atoms with Crippen molar-refractivity contribution < 1.29 is 9.18 Å². The van der Waals surface area contributed by atoms with E-state index in [9.17, 15) is 9.18 Å². The molecule has 0 saturated heterocycles. The molecule has 0 aliphatic rings. The molecule has 0 aliphatic carbocycles. The monoisotopic (exact) mass is 515 g/mol. The van der Waals surface area contributed by atoms with Crippen LogP contribution in [0.25, 0.3) is 21.2 Å². The van der Waals surface area contributed by atoms with Gasteiger partial charge in [0.25, 0.3) is 0 Å². The van der Waals surface area contributed by atoms with Gasteiger partial charge in [-0.25, -0.2) is 14.2 Å². The second-order valence-electron chi connectivity index (χ2n) is 9.24. The Morgan fingerprint density at radius 2 is 1.78 bits per heavy atom. The minimum absolute atomic E-state index is 0.377. The van der Waals surface area contributed by atoms with Crippen molar-refractivity contribution in [1.29, 1.82) is 0 Å². The molecule has 8 heteroatoms. The number of rotatable bonds is 6. The highest BCUT2D eigenvalue weighted by Gasteiger charge is 2.15. The van der Waals surface area contributed by atoms with Gasteiger partial charge in [0.05, 0.1) is 16.8 Å². The van der Waals surface area contributed by atoms with Crippen LogP contribution in [0.3, 0.4) is 0 Å². The number of aromatic nitrogens is 1. The quantitative estimate of drug-likeness (QED) is 0.247. The van der Waals surface area contributed by atoms with E-state index in [0.717, 1.165) is 26.8 Å². The Morgan fingerprint density at radius 3 is 2.46 bits per heavy atom. The SMILES string of the molecule is CC(C)N(CC#Cc1cnc(N)c2c(-c3ccc(NC(=O)Nc4cccc(F)c4)cc3)csc12)C(C)C. The van der Waals surface area contributed by atoms with E-state index in [2.05, 4.69) is 65.4 Å². The van der Waals surface area contributed by atoms with Gasteiger partial charge in [-0.1, -0.05) is 30.0 Å². The zero-order valence-corrected chi connectivity index (χ0v) is 22.1. The highest BCUT2D eigenvalue weighted by Crippen LogP contribution is 2.38. The summed E-state index contributed by atoms with van der Waals surface area (Å²) in [6, 6.07) is 13.6. The van der Waals surface area contributed by atoms with Crippen LogP contribution < -0.4 is 16.4 Å². The van der Waals surface area contributed by atoms with Crippen molar-refractivity contribution in [2.45, 2.75) is 39.8 Å². The minimum atomic E-state index is -0.454. The standard InChI is InChI=1S/C29H30FN5OS/c1-18(2)35(19(3)4)14-6-7-21-16-32-28(31)26-25(17-37-27(21)26)20-10-12-23(13-11-20)33-29(36)34-24-9-5-8-22(30)15-24/h5,8-13,15-19H,14H2,1-4H3,(H2,31,32)(H2,33,34,36). The average molecular weight is 516 g/mol. The predicted molar refractivity (Wildman–Crippen MR) is 152 cm³/mol. The molecule has 37 heavy (non-hydrogen) atoms. The number of pyridine rings is 1. The van der Waals surface area contributed by atoms with Crippen LogP contribution in [0.15, 0.2) is 60.1 Å². The van der Waals surface area contributed by atoms with Gasteiger partial charge in [-0.3, -0.25) is 4.90 Å². The number of anilines is 3. The lowest BCUT2D eigenvalue weighted by Gasteiger charge is -2.28. The summed E-state index contributed by atoms with van der Waals surface area (Å²) in [5, 5.41) is 8.31. The molecular formula is C29H30FN5OS. The molecular weight excluding hydrogens is 485 g/mol. The molecule has 0 saturated carbocycles. The number of urea groups is 1. The van der Waals surface area contributed by atoms with Crippen molar-refractivity contribution >= 4 is 44.6 Å². The Morgan fingerprint density at radius 1 is 1.08 bits per heavy atom. The van der Waals surface area contributed by atoms with Crippen molar-refractivity contribution in [3.63, 3.8) is 0 Å². The van der Waals surface area contributed by atoms with Crippen LogP contribution in [0.4, 0.5) is 26.4 Å². The third-order valence-electron chi connectivity index (χ3n) is 5.97. The maximum atomic E-state index is 13.3. The number of carbonyl (C=O) groups is 1. The number of thiophene rings is 1. The highest BCUT2D eigenvalue weighted by molar-refractivity contribution is 7.18. The highest BCUT2D eigenvalue weighted by atomic mass is 32.1. The van der Waals surface area contributed by atoms with Crippen LogP contribution >= 0.6 is 11.3 Å². The van der Waals surface area contributed by atoms with Crippen molar-refractivity contribution in [2.24, 2.45) is 0 Å². The number of halogens is 1. The van der Waals surface area contributed by atoms with E-state index in [4.69, 9.17) is 5.73 Å². The predicted octanol–water partition coefficient (Wildman–Crippen LogP) is 6.80. The average Bonchev–Trinajstić information content (AvgIpc) is 3.29. The first kappa shape index (κ1) is 26.1. The number of nitrogens with two attached hydrogens (primary N) is 1. The summed E-state index contributed by atoms with van der Waals surface area (Å²) in [7, 11) is 0. The summed E-state index contributed by atoms with van der Waals surface area (Å²) in [6.07, 6.45) is 1.74. The molecule has 0 radical (unpaired) electrons. The summed E-state index contributed by atoms with van der Waals surface area (Å²) in [5.74, 6) is 6.64. The molecule has 0 bridgehead atoms. The molecule has 2 aromatic carbocycles. The Bertz CT molecular complexity index is 1460. The van der Waals surface area contributed by atoms with Gasteiger partial charge >= 0.3 is 6.03 Å². The molecule has 190 valence electrons. The molecule has 0 fully saturated rings. The maximum Gasteiger partial charge on any atom is 0.323 e. The van der Waals surface area contributed by atoms with E-state index in [1.807, 2.05) is 24.3 Å². The van der Waals surface area contributed by atoms with Gasteiger partial charge < -0.3 is 16.4 Å². The number of nitrogens with zero attached hydrogens (tertiary/aromatic N) is 2. The van der Waals surface area contributed by atoms with Crippen LogP contribution in [0, 0.1) is 17.7 Å². The van der Waals surface area contributed by atoms with Gasteiger partial charge in [0.1, 0.15) is 11.6 Å².